The molecule has 0 aromatic carbocycles. The maximum absolute atomic E-state index is 6.06. The largest absolute Gasteiger partial charge is 0.324 e. The average molecular weight is 170 g/mol. The van der Waals surface area contributed by atoms with Crippen molar-refractivity contribution in [1.82, 2.24) is 4.90 Å². The van der Waals surface area contributed by atoms with Crippen LogP contribution in [0.25, 0.3) is 0 Å². The molecule has 1 fully saturated rings. The van der Waals surface area contributed by atoms with Crippen LogP contribution in [0.4, 0.5) is 0 Å². The third-order valence-corrected chi connectivity index (χ3v) is 3.34. The molecule has 2 heteroatoms. The second-order valence-corrected chi connectivity index (χ2v) is 4.88. The van der Waals surface area contributed by atoms with Gasteiger partial charge < -0.3 is 5.73 Å². The van der Waals surface area contributed by atoms with Crippen LogP contribution in [0.3, 0.4) is 0 Å². The summed E-state index contributed by atoms with van der Waals surface area (Å²) in [6.45, 7) is 7.83. The zero-order valence-corrected chi connectivity index (χ0v) is 8.85. The highest BCUT2D eigenvalue weighted by atomic mass is 15.2. The maximum atomic E-state index is 6.06. The van der Waals surface area contributed by atoms with E-state index in [0.29, 0.717) is 5.54 Å². The molecule has 1 saturated carbocycles. The van der Waals surface area contributed by atoms with Gasteiger partial charge in [0, 0.05) is 17.6 Å². The van der Waals surface area contributed by atoms with Gasteiger partial charge in [0.15, 0.2) is 0 Å². The highest BCUT2D eigenvalue weighted by molar-refractivity contribution is 5.02. The fourth-order valence-electron chi connectivity index (χ4n) is 1.27. The zero-order chi connectivity index (χ0) is 9.41. The minimum atomic E-state index is 0.154. The Kier molecular flexibility index (Phi) is 2.50. The van der Waals surface area contributed by atoms with Crippen LogP contribution >= 0.6 is 0 Å². The lowest BCUT2D eigenvalue weighted by atomic mass is 9.99. The Morgan fingerprint density at radius 2 is 1.92 bits per heavy atom. The van der Waals surface area contributed by atoms with Crippen molar-refractivity contribution in [2.75, 3.05) is 13.6 Å². The smallest absolute Gasteiger partial charge is 0.0284 e. The summed E-state index contributed by atoms with van der Waals surface area (Å²) in [5, 5.41) is 0. The summed E-state index contributed by atoms with van der Waals surface area (Å²) in [6, 6.07) is 0. The van der Waals surface area contributed by atoms with Gasteiger partial charge in [-0.2, -0.15) is 0 Å². The quantitative estimate of drug-likeness (QED) is 0.694. The molecule has 0 atom stereocenters. The predicted molar refractivity (Wildman–Crippen MR) is 53.2 cm³/mol. The molecule has 0 unspecified atom stereocenters. The minimum absolute atomic E-state index is 0.154. The molecule has 0 aliphatic heterocycles. The molecule has 0 aromatic rings. The van der Waals surface area contributed by atoms with Gasteiger partial charge in [-0.15, -0.1) is 0 Å². The second-order valence-electron chi connectivity index (χ2n) is 4.88. The van der Waals surface area contributed by atoms with Crippen LogP contribution in [0.1, 0.15) is 40.0 Å². The van der Waals surface area contributed by atoms with Gasteiger partial charge in [-0.1, -0.05) is 6.92 Å². The Balaban J connectivity index is 2.41. The van der Waals surface area contributed by atoms with Crippen LogP contribution in [0, 0.1) is 0 Å². The Morgan fingerprint density at radius 1 is 1.42 bits per heavy atom. The van der Waals surface area contributed by atoms with Crippen LogP contribution in [-0.4, -0.2) is 29.6 Å². The normalized spacial score (nSPS) is 21.5. The van der Waals surface area contributed by atoms with Crippen molar-refractivity contribution in [3.63, 3.8) is 0 Å². The second kappa shape index (κ2) is 3.00. The topological polar surface area (TPSA) is 29.3 Å². The predicted octanol–water partition coefficient (Wildman–Crippen LogP) is 1.60. The minimum Gasteiger partial charge on any atom is -0.324 e. The van der Waals surface area contributed by atoms with Crippen molar-refractivity contribution in [2.45, 2.75) is 51.1 Å². The van der Waals surface area contributed by atoms with Crippen molar-refractivity contribution in [1.29, 1.82) is 0 Å². The molecule has 0 amide bonds. The number of hydrogen-bond donors (Lipinski definition) is 1. The zero-order valence-electron chi connectivity index (χ0n) is 8.85. The van der Waals surface area contributed by atoms with Crippen LogP contribution < -0.4 is 5.73 Å². The lowest BCUT2D eigenvalue weighted by Crippen LogP contribution is -2.47. The lowest BCUT2D eigenvalue weighted by Gasteiger charge is -2.36. The van der Waals surface area contributed by atoms with Crippen LogP contribution in [0.5, 0.6) is 0 Å². The Hall–Kier alpha value is -0.0800. The fraction of sp³-hybridized carbons (Fsp3) is 1.00. The molecule has 0 aromatic heterocycles. The van der Waals surface area contributed by atoms with E-state index in [0.717, 1.165) is 6.54 Å². The molecular formula is C10H22N2. The molecule has 12 heavy (non-hydrogen) atoms. The number of nitrogens with zero attached hydrogens (tertiary/aromatic N) is 1. The molecule has 1 rings (SSSR count). The summed E-state index contributed by atoms with van der Waals surface area (Å²) in [7, 11) is 2.18. The van der Waals surface area contributed by atoms with E-state index in [1.165, 1.54) is 19.3 Å². The highest BCUT2D eigenvalue weighted by Crippen LogP contribution is 2.34. The summed E-state index contributed by atoms with van der Waals surface area (Å²) in [6.07, 6.45) is 3.59. The van der Waals surface area contributed by atoms with Gasteiger partial charge in [0.25, 0.3) is 0 Å². The van der Waals surface area contributed by atoms with E-state index in [-0.39, 0.29) is 5.54 Å². The molecule has 1 aliphatic rings. The first-order valence-electron chi connectivity index (χ1n) is 4.90. The summed E-state index contributed by atoms with van der Waals surface area (Å²) in [5.74, 6) is 0. The summed E-state index contributed by atoms with van der Waals surface area (Å²) < 4.78 is 0. The van der Waals surface area contributed by atoms with Gasteiger partial charge in [-0.3, -0.25) is 4.90 Å². The van der Waals surface area contributed by atoms with E-state index in [1.807, 2.05) is 0 Å². The molecule has 72 valence electrons. The first-order valence-corrected chi connectivity index (χ1v) is 4.90. The number of hydrogen-bond acceptors (Lipinski definition) is 2. The van der Waals surface area contributed by atoms with E-state index in [1.54, 1.807) is 0 Å². The van der Waals surface area contributed by atoms with Crippen molar-refractivity contribution in [3.05, 3.63) is 0 Å². The average Bonchev–Trinajstić information content (AvgIpc) is 2.68. The molecule has 0 radical (unpaired) electrons. The monoisotopic (exact) mass is 170 g/mol. The lowest BCUT2D eigenvalue weighted by molar-refractivity contribution is 0.138. The van der Waals surface area contributed by atoms with Crippen LogP contribution in [0.15, 0.2) is 0 Å². The Morgan fingerprint density at radius 3 is 2.25 bits per heavy atom. The third-order valence-electron chi connectivity index (χ3n) is 3.34. The van der Waals surface area contributed by atoms with Gasteiger partial charge in [-0.25, -0.2) is 0 Å². The van der Waals surface area contributed by atoms with Crippen molar-refractivity contribution >= 4 is 0 Å². The van der Waals surface area contributed by atoms with Crippen molar-refractivity contribution in [2.24, 2.45) is 5.73 Å². The number of likely N-dealkylation sites (N-methyl/N-ethyl adjacent to an activating group) is 1. The summed E-state index contributed by atoms with van der Waals surface area (Å²) in [4.78, 5) is 2.39. The maximum Gasteiger partial charge on any atom is 0.0284 e. The molecule has 0 spiro atoms. The number of nitrogens with two attached hydrogens (primary N) is 1. The van der Waals surface area contributed by atoms with Gasteiger partial charge in [0.05, 0.1) is 0 Å². The summed E-state index contributed by atoms with van der Waals surface area (Å²) in [5.41, 5.74) is 6.51. The first-order chi connectivity index (χ1) is 5.40. The molecule has 0 heterocycles. The van der Waals surface area contributed by atoms with E-state index in [9.17, 15) is 0 Å². The van der Waals surface area contributed by atoms with E-state index in [2.05, 4.69) is 32.7 Å². The molecule has 2 N–H and O–H groups in total. The van der Waals surface area contributed by atoms with E-state index in [4.69, 9.17) is 5.73 Å². The first kappa shape index (κ1) is 10.0. The van der Waals surface area contributed by atoms with Gasteiger partial charge in [-0.05, 0) is 40.2 Å². The van der Waals surface area contributed by atoms with E-state index >= 15 is 0 Å². The van der Waals surface area contributed by atoms with Crippen molar-refractivity contribution < 1.29 is 0 Å². The van der Waals surface area contributed by atoms with Gasteiger partial charge >= 0.3 is 0 Å². The fourth-order valence-corrected chi connectivity index (χ4v) is 1.27. The molecule has 0 bridgehead atoms. The third kappa shape index (κ3) is 2.20. The van der Waals surface area contributed by atoms with Gasteiger partial charge in [0.2, 0.25) is 0 Å². The summed E-state index contributed by atoms with van der Waals surface area (Å²) >= 11 is 0. The molecule has 1 aliphatic carbocycles. The van der Waals surface area contributed by atoms with Crippen LogP contribution in [-0.2, 0) is 0 Å². The van der Waals surface area contributed by atoms with Gasteiger partial charge in [0.1, 0.15) is 0 Å². The Labute approximate surface area is 76.1 Å². The molecule has 2 nitrogen and oxygen atoms in total. The SMILES string of the molecule is CCC(C)(C)N(C)CC1(N)CC1. The molecule has 0 saturated heterocycles. The van der Waals surface area contributed by atoms with Crippen molar-refractivity contribution in [3.8, 4) is 0 Å². The molecular weight excluding hydrogens is 148 g/mol. The van der Waals surface area contributed by atoms with E-state index < -0.39 is 0 Å². The highest BCUT2D eigenvalue weighted by Gasteiger charge is 2.41. The Bertz CT molecular complexity index is 159. The standard InChI is InChI=1S/C10H22N2/c1-5-9(2,3)12(4)8-10(11)6-7-10/h5-8,11H2,1-4H3. The van der Waals surface area contributed by atoms with Crippen LogP contribution in [0.2, 0.25) is 0 Å². The number of rotatable bonds is 4.